The molecule has 1 aromatic rings. The zero-order chi connectivity index (χ0) is 14.1. The van der Waals surface area contributed by atoms with E-state index in [1.54, 1.807) is 0 Å². The van der Waals surface area contributed by atoms with Crippen molar-refractivity contribution >= 4 is 10.0 Å². The molecule has 7 heteroatoms. The van der Waals surface area contributed by atoms with Crippen LogP contribution in [0.1, 0.15) is 18.4 Å². The molecule has 0 unspecified atom stereocenters. The van der Waals surface area contributed by atoms with E-state index < -0.39 is 22.5 Å². The average Bonchev–Trinajstić information content (AvgIpc) is 2.37. The number of hydrogen-bond acceptors (Lipinski definition) is 3. The fourth-order valence-corrected chi connectivity index (χ4v) is 3.56. The molecule has 0 saturated carbocycles. The summed E-state index contributed by atoms with van der Waals surface area (Å²) in [4.78, 5) is -0.121. The first-order chi connectivity index (χ1) is 8.85. The molecule has 102 valence electrons. The van der Waals surface area contributed by atoms with Crippen LogP contribution in [0.5, 0.6) is 0 Å². The molecule has 0 aliphatic carbocycles. The smallest absolute Gasteiger partial charge is 0.207 e. The van der Waals surface area contributed by atoms with Crippen LogP contribution in [0.3, 0.4) is 0 Å². The van der Waals surface area contributed by atoms with Crippen LogP contribution in [0.25, 0.3) is 0 Å². The van der Waals surface area contributed by atoms with Crippen LogP contribution in [0.2, 0.25) is 0 Å². The lowest BCUT2D eigenvalue weighted by molar-refractivity contribution is -0.0434. The van der Waals surface area contributed by atoms with Gasteiger partial charge in [0.25, 0.3) is 5.92 Å². The third kappa shape index (κ3) is 2.91. The van der Waals surface area contributed by atoms with Crippen molar-refractivity contribution in [3.63, 3.8) is 0 Å². The number of nitriles is 1. The predicted molar refractivity (Wildman–Crippen MR) is 64.1 cm³/mol. The zero-order valence-corrected chi connectivity index (χ0v) is 10.8. The first-order valence-corrected chi connectivity index (χ1v) is 7.17. The second-order valence-electron chi connectivity index (χ2n) is 4.44. The summed E-state index contributed by atoms with van der Waals surface area (Å²) in [5.41, 5.74) is 0.185. The van der Waals surface area contributed by atoms with Gasteiger partial charge in [0.2, 0.25) is 10.0 Å². The van der Waals surface area contributed by atoms with Crippen molar-refractivity contribution in [1.29, 1.82) is 5.26 Å². The number of sulfonamides is 1. The number of alkyl halides is 2. The van der Waals surface area contributed by atoms with Crippen LogP contribution < -0.4 is 0 Å². The van der Waals surface area contributed by atoms with Gasteiger partial charge in [0, 0.05) is 13.0 Å². The van der Waals surface area contributed by atoms with Crippen LogP contribution in [0.15, 0.2) is 29.2 Å². The Labute approximate surface area is 110 Å². The van der Waals surface area contributed by atoms with Gasteiger partial charge in [-0.3, -0.25) is 0 Å². The fourth-order valence-electron chi connectivity index (χ4n) is 2.01. The van der Waals surface area contributed by atoms with E-state index in [0.717, 1.165) is 4.31 Å². The normalized spacial score (nSPS) is 19.8. The number of hydrogen-bond donors (Lipinski definition) is 0. The van der Waals surface area contributed by atoms with Gasteiger partial charge in [-0.25, -0.2) is 17.2 Å². The first-order valence-electron chi connectivity index (χ1n) is 5.73. The minimum Gasteiger partial charge on any atom is -0.207 e. The highest BCUT2D eigenvalue weighted by Gasteiger charge is 2.40. The van der Waals surface area contributed by atoms with Crippen LogP contribution in [0.4, 0.5) is 8.78 Å². The molecule has 0 N–H and O–H groups in total. The zero-order valence-electron chi connectivity index (χ0n) is 10.0. The minimum absolute atomic E-state index is 0.0781. The van der Waals surface area contributed by atoms with Crippen LogP contribution in [-0.4, -0.2) is 31.7 Å². The number of piperidine rings is 1. The molecule has 0 radical (unpaired) electrons. The highest BCUT2D eigenvalue weighted by molar-refractivity contribution is 7.89. The molecule has 0 spiro atoms. The van der Waals surface area contributed by atoms with Gasteiger partial charge in [-0.1, -0.05) is 6.07 Å². The summed E-state index contributed by atoms with van der Waals surface area (Å²) >= 11 is 0. The van der Waals surface area contributed by atoms with Crippen molar-refractivity contribution in [3.8, 4) is 6.07 Å². The molecular formula is C12H12F2N2O2S. The number of halogens is 2. The Balaban J connectivity index is 2.34. The van der Waals surface area contributed by atoms with E-state index in [4.69, 9.17) is 5.26 Å². The SMILES string of the molecule is N#Cc1cccc(S(=O)(=O)N2CCCC(F)(F)C2)c1. The fraction of sp³-hybridized carbons (Fsp3) is 0.417. The highest BCUT2D eigenvalue weighted by Crippen LogP contribution is 2.30. The molecule has 0 amide bonds. The maximum atomic E-state index is 13.3. The first kappa shape index (κ1) is 13.9. The summed E-state index contributed by atoms with van der Waals surface area (Å²) in [7, 11) is -3.96. The van der Waals surface area contributed by atoms with Crippen molar-refractivity contribution in [2.75, 3.05) is 13.1 Å². The summed E-state index contributed by atoms with van der Waals surface area (Å²) < 4.78 is 51.8. The molecule has 1 heterocycles. The van der Waals surface area contributed by atoms with Crippen molar-refractivity contribution in [1.82, 2.24) is 4.31 Å². The summed E-state index contributed by atoms with van der Waals surface area (Å²) in [6, 6.07) is 7.22. The van der Waals surface area contributed by atoms with E-state index in [9.17, 15) is 17.2 Å². The van der Waals surface area contributed by atoms with Crippen LogP contribution in [-0.2, 0) is 10.0 Å². The molecule has 0 atom stereocenters. The Bertz CT molecular complexity index is 623. The molecule has 0 bridgehead atoms. The van der Waals surface area contributed by atoms with Crippen molar-refractivity contribution in [3.05, 3.63) is 29.8 Å². The number of nitrogens with zero attached hydrogens (tertiary/aromatic N) is 2. The monoisotopic (exact) mass is 286 g/mol. The third-order valence-corrected chi connectivity index (χ3v) is 4.80. The summed E-state index contributed by atoms with van der Waals surface area (Å²) in [5.74, 6) is -2.99. The van der Waals surface area contributed by atoms with Crippen molar-refractivity contribution < 1.29 is 17.2 Å². The third-order valence-electron chi connectivity index (χ3n) is 2.96. The number of benzene rings is 1. The predicted octanol–water partition coefficient (Wildman–Crippen LogP) is 1.98. The van der Waals surface area contributed by atoms with Gasteiger partial charge >= 0.3 is 0 Å². The average molecular weight is 286 g/mol. The molecule has 1 fully saturated rings. The van der Waals surface area contributed by atoms with E-state index in [1.807, 2.05) is 6.07 Å². The quantitative estimate of drug-likeness (QED) is 0.835. The lowest BCUT2D eigenvalue weighted by atomic mass is 10.1. The summed E-state index contributed by atoms with van der Waals surface area (Å²) in [6.45, 7) is -0.721. The Morgan fingerprint density at radius 2 is 2.11 bits per heavy atom. The molecule has 2 rings (SSSR count). The lowest BCUT2D eigenvalue weighted by Crippen LogP contribution is -2.45. The topological polar surface area (TPSA) is 61.2 Å². The van der Waals surface area contributed by atoms with E-state index in [1.165, 1.54) is 24.3 Å². The maximum Gasteiger partial charge on any atom is 0.261 e. The lowest BCUT2D eigenvalue weighted by Gasteiger charge is -2.31. The molecule has 1 aromatic carbocycles. The maximum absolute atomic E-state index is 13.3. The van der Waals surface area contributed by atoms with Crippen LogP contribution in [0, 0.1) is 11.3 Å². The Hall–Kier alpha value is -1.52. The van der Waals surface area contributed by atoms with Gasteiger partial charge in [-0.15, -0.1) is 0 Å². The standard InChI is InChI=1S/C12H12F2N2O2S/c13-12(14)5-2-6-16(9-12)19(17,18)11-4-1-3-10(7-11)8-15/h1,3-4,7H,2,5-6,9H2. The minimum atomic E-state index is -3.96. The van der Waals surface area contributed by atoms with Gasteiger partial charge in [0.1, 0.15) is 0 Å². The Kier molecular flexibility index (Phi) is 3.56. The molecule has 0 aromatic heterocycles. The molecular weight excluding hydrogens is 274 g/mol. The molecule has 1 aliphatic heterocycles. The van der Waals surface area contributed by atoms with Gasteiger partial charge in [-0.05, 0) is 24.6 Å². The molecule has 1 aliphatic rings. The van der Waals surface area contributed by atoms with E-state index in [-0.39, 0.29) is 29.8 Å². The van der Waals surface area contributed by atoms with Crippen molar-refractivity contribution in [2.45, 2.75) is 23.7 Å². The second kappa shape index (κ2) is 4.87. The van der Waals surface area contributed by atoms with E-state index in [0.29, 0.717) is 0 Å². The highest BCUT2D eigenvalue weighted by atomic mass is 32.2. The van der Waals surface area contributed by atoms with Crippen molar-refractivity contribution in [2.24, 2.45) is 0 Å². The molecule has 19 heavy (non-hydrogen) atoms. The molecule has 4 nitrogen and oxygen atoms in total. The largest absolute Gasteiger partial charge is 0.261 e. The molecule has 1 saturated heterocycles. The Morgan fingerprint density at radius 3 is 2.74 bits per heavy atom. The van der Waals surface area contributed by atoms with Gasteiger partial charge in [-0.2, -0.15) is 9.57 Å². The summed E-state index contributed by atoms with van der Waals surface area (Å²) in [6.07, 6.45) is -0.165. The Morgan fingerprint density at radius 1 is 1.37 bits per heavy atom. The summed E-state index contributed by atoms with van der Waals surface area (Å²) in [5, 5.41) is 8.74. The van der Waals surface area contributed by atoms with Gasteiger partial charge < -0.3 is 0 Å². The van der Waals surface area contributed by atoms with Gasteiger partial charge in [0.05, 0.1) is 23.1 Å². The van der Waals surface area contributed by atoms with E-state index in [2.05, 4.69) is 0 Å². The van der Waals surface area contributed by atoms with Gasteiger partial charge in [0.15, 0.2) is 0 Å². The number of rotatable bonds is 2. The van der Waals surface area contributed by atoms with Crippen LogP contribution >= 0.6 is 0 Å². The second-order valence-corrected chi connectivity index (χ2v) is 6.38. The van der Waals surface area contributed by atoms with E-state index >= 15 is 0 Å².